The van der Waals surface area contributed by atoms with Gasteiger partial charge in [0, 0.05) is 18.8 Å². The maximum atomic E-state index is 9.50. The summed E-state index contributed by atoms with van der Waals surface area (Å²) < 4.78 is 0. The highest BCUT2D eigenvalue weighted by Gasteiger charge is 2.29. The second kappa shape index (κ2) is 2.66. The molecule has 1 heterocycles. The Bertz CT molecular complexity index is 216. The number of aromatic amines is 1. The molecule has 2 N–H and O–H groups in total. The van der Waals surface area contributed by atoms with Gasteiger partial charge in [-0.05, 0) is 18.8 Å². The first-order chi connectivity index (χ1) is 5.36. The fourth-order valence-electron chi connectivity index (χ4n) is 1.26. The molecule has 0 saturated heterocycles. The number of nitrogens with one attached hydrogen (secondary N) is 1. The van der Waals surface area contributed by atoms with Gasteiger partial charge in [-0.3, -0.25) is 0 Å². The summed E-state index contributed by atoms with van der Waals surface area (Å²) >= 11 is 0. The summed E-state index contributed by atoms with van der Waals surface area (Å²) in [6, 6.07) is 0. The summed E-state index contributed by atoms with van der Waals surface area (Å²) in [5.74, 6) is 1.43. The van der Waals surface area contributed by atoms with E-state index in [0.29, 0.717) is 12.3 Å². The van der Waals surface area contributed by atoms with Crippen LogP contribution in [0.15, 0.2) is 12.4 Å². The second-order valence-electron chi connectivity index (χ2n) is 3.14. The van der Waals surface area contributed by atoms with E-state index in [1.165, 1.54) is 12.8 Å². The van der Waals surface area contributed by atoms with Crippen LogP contribution >= 0.6 is 0 Å². The molecule has 60 valence electrons. The smallest absolute Gasteiger partial charge is 0.108 e. The Morgan fingerprint density at radius 1 is 1.73 bits per heavy atom. The third-order valence-corrected chi connectivity index (χ3v) is 2.12. The van der Waals surface area contributed by atoms with E-state index >= 15 is 0 Å². The van der Waals surface area contributed by atoms with Gasteiger partial charge >= 0.3 is 0 Å². The summed E-state index contributed by atoms with van der Waals surface area (Å²) in [5, 5.41) is 9.50. The second-order valence-corrected chi connectivity index (χ2v) is 3.14. The van der Waals surface area contributed by atoms with Gasteiger partial charge in [-0.2, -0.15) is 0 Å². The monoisotopic (exact) mass is 152 g/mol. The Labute approximate surface area is 65.5 Å². The topological polar surface area (TPSA) is 48.9 Å². The van der Waals surface area contributed by atoms with Crippen molar-refractivity contribution < 1.29 is 5.11 Å². The molecule has 1 aromatic heterocycles. The molecule has 0 aromatic carbocycles. The van der Waals surface area contributed by atoms with Gasteiger partial charge in [0.2, 0.25) is 0 Å². The molecular weight excluding hydrogens is 140 g/mol. The summed E-state index contributed by atoms with van der Waals surface area (Å²) in [5.41, 5.74) is 0. The van der Waals surface area contributed by atoms with Gasteiger partial charge in [-0.15, -0.1) is 0 Å². The van der Waals surface area contributed by atoms with Crippen molar-refractivity contribution in [2.45, 2.75) is 25.4 Å². The number of hydrogen-bond donors (Lipinski definition) is 2. The van der Waals surface area contributed by atoms with Crippen molar-refractivity contribution in [3.8, 4) is 0 Å². The molecule has 1 aromatic rings. The molecule has 0 amide bonds. The molecule has 1 unspecified atom stereocenters. The van der Waals surface area contributed by atoms with Crippen molar-refractivity contribution in [3.63, 3.8) is 0 Å². The van der Waals surface area contributed by atoms with E-state index in [4.69, 9.17) is 0 Å². The molecule has 1 fully saturated rings. The molecule has 1 atom stereocenters. The molecule has 1 saturated carbocycles. The first-order valence-corrected chi connectivity index (χ1v) is 4.02. The van der Waals surface area contributed by atoms with Crippen molar-refractivity contribution in [3.05, 3.63) is 18.2 Å². The minimum Gasteiger partial charge on any atom is -0.392 e. The average Bonchev–Trinajstić information content (AvgIpc) is 2.73. The standard InChI is InChI=1S/C8H12N2O/c11-7(6-1-2-6)5-8-9-3-4-10-8/h3-4,6-7,11H,1-2,5H2,(H,9,10). The third kappa shape index (κ3) is 1.60. The van der Waals surface area contributed by atoms with Crippen LogP contribution in [-0.4, -0.2) is 21.2 Å². The van der Waals surface area contributed by atoms with E-state index in [1.54, 1.807) is 12.4 Å². The van der Waals surface area contributed by atoms with Crippen LogP contribution in [0, 0.1) is 5.92 Å². The largest absolute Gasteiger partial charge is 0.392 e. The number of aliphatic hydroxyl groups is 1. The lowest BCUT2D eigenvalue weighted by Crippen LogP contribution is -2.13. The number of aromatic nitrogens is 2. The quantitative estimate of drug-likeness (QED) is 0.670. The van der Waals surface area contributed by atoms with Gasteiger partial charge in [0.15, 0.2) is 0 Å². The summed E-state index contributed by atoms with van der Waals surface area (Å²) in [6.07, 6.45) is 6.37. The van der Waals surface area contributed by atoms with Crippen LogP contribution < -0.4 is 0 Å². The van der Waals surface area contributed by atoms with E-state index in [1.807, 2.05) is 0 Å². The Balaban J connectivity index is 1.89. The lowest BCUT2D eigenvalue weighted by Gasteiger charge is -2.05. The first kappa shape index (κ1) is 6.85. The fourth-order valence-corrected chi connectivity index (χ4v) is 1.26. The molecule has 3 heteroatoms. The molecule has 11 heavy (non-hydrogen) atoms. The summed E-state index contributed by atoms with van der Waals surface area (Å²) in [6.45, 7) is 0. The molecule has 0 aliphatic heterocycles. The zero-order valence-corrected chi connectivity index (χ0v) is 6.33. The van der Waals surface area contributed by atoms with Crippen LogP contribution in [0.4, 0.5) is 0 Å². The zero-order valence-electron chi connectivity index (χ0n) is 6.33. The maximum Gasteiger partial charge on any atom is 0.108 e. The molecule has 0 spiro atoms. The predicted octanol–water partition coefficient (Wildman–Crippen LogP) is 0.723. The molecule has 0 bridgehead atoms. The van der Waals surface area contributed by atoms with E-state index < -0.39 is 0 Å². The van der Waals surface area contributed by atoms with E-state index in [2.05, 4.69) is 9.97 Å². The number of H-pyrrole nitrogens is 1. The van der Waals surface area contributed by atoms with Crippen LogP contribution in [0.3, 0.4) is 0 Å². The predicted molar refractivity (Wildman–Crippen MR) is 41.0 cm³/mol. The lowest BCUT2D eigenvalue weighted by atomic mass is 10.1. The highest BCUT2D eigenvalue weighted by atomic mass is 16.3. The van der Waals surface area contributed by atoms with Gasteiger partial charge in [0.25, 0.3) is 0 Å². The van der Waals surface area contributed by atoms with Crippen molar-refractivity contribution in [2.75, 3.05) is 0 Å². The highest BCUT2D eigenvalue weighted by molar-refractivity contribution is 4.93. The van der Waals surface area contributed by atoms with Gasteiger partial charge in [-0.25, -0.2) is 4.98 Å². The van der Waals surface area contributed by atoms with Crippen molar-refractivity contribution in [1.82, 2.24) is 9.97 Å². The molecule has 2 rings (SSSR count). The van der Waals surface area contributed by atoms with E-state index in [9.17, 15) is 5.11 Å². The van der Waals surface area contributed by atoms with Crippen LogP contribution in [0.25, 0.3) is 0 Å². The van der Waals surface area contributed by atoms with Gasteiger partial charge < -0.3 is 10.1 Å². The number of imidazole rings is 1. The molecular formula is C8H12N2O. The fraction of sp³-hybridized carbons (Fsp3) is 0.625. The maximum absolute atomic E-state index is 9.50. The number of hydrogen-bond acceptors (Lipinski definition) is 2. The normalized spacial score (nSPS) is 20.1. The Kier molecular flexibility index (Phi) is 1.66. The minimum atomic E-state index is -0.179. The molecule has 1 aliphatic rings. The van der Waals surface area contributed by atoms with Crippen molar-refractivity contribution in [2.24, 2.45) is 5.92 Å². The Hall–Kier alpha value is -0.830. The lowest BCUT2D eigenvalue weighted by molar-refractivity contribution is 0.149. The van der Waals surface area contributed by atoms with Crippen molar-refractivity contribution >= 4 is 0 Å². The van der Waals surface area contributed by atoms with Gasteiger partial charge in [-0.1, -0.05) is 0 Å². The Morgan fingerprint density at radius 3 is 3.09 bits per heavy atom. The van der Waals surface area contributed by atoms with Gasteiger partial charge in [0.05, 0.1) is 6.10 Å². The number of aliphatic hydroxyl groups excluding tert-OH is 1. The van der Waals surface area contributed by atoms with Crippen LogP contribution in [0.1, 0.15) is 18.7 Å². The van der Waals surface area contributed by atoms with Crippen LogP contribution in [-0.2, 0) is 6.42 Å². The Morgan fingerprint density at radius 2 is 2.55 bits per heavy atom. The highest BCUT2D eigenvalue weighted by Crippen LogP contribution is 2.33. The van der Waals surface area contributed by atoms with Crippen molar-refractivity contribution in [1.29, 1.82) is 0 Å². The zero-order chi connectivity index (χ0) is 7.68. The minimum absolute atomic E-state index is 0.179. The van der Waals surface area contributed by atoms with E-state index in [0.717, 1.165) is 5.82 Å². The molecule has 0 radical (unpaired) electrons. The van der Waals surface area contributed by atoms with Gasteiger partial charge in [0.1, 0.15) is 5.82 Å². The third-order valence-electron chi connectivity index (χ3n) is 2.12. The summed E-state index contributed by atoms with van der Waals surface area (Å²) in [4.78, 5) is 7.03. The SMILES string of the molecule is OC(Cc1ncc[nH]1)C1CC1. The first-order valence-electron chi connectivity index (χ1n) is 4.02. The number of rotatable bonds is 3. The average molecular weight is 152 g/mol. The molecule has 3 nitrogen and oxygen atoms in total. The summed E-state index contributed by atoms with van der Waals surface area (Å²) in [7, 11) is 0. The van der Waals surface area contributed by atoms with Crippen LogP contribution in [0.2, 0.25) is 0 Å². The number of nitrogens with zero attached hydrogens (tertiary/aromatic N) is 1. The van der Waals surface area contributed by atoms with Crippen LogP contribution in [0.5, 0.6) is 0 Å². The molecule has 1 aliphatic carbocycles. The van der Waals surface area contributed by atoms with E-state index in [-0.39, 0.29) is 6.10 Å².